The van der Waals surface area contributed by atoms with Gasteiger partial charge in [-0.15, -0.1) is 0 Å². The summed E-state index contributed by atoms with van der Waals surface area (Å²) < 4.78 is 0. The highest BCUT2D eigenvalue weighted by molar-refractivity contribution is 5.90. The number of H-pyrrole nitrogens is 1. The number of carbonyl (C=O) groups excluding carboxylic acids is 1. The fourth-order valence-corrected chi connectivity index (χ4v) is 2.12. The molecule has 1 amide bonds. The van der Waals surface area contributed by atoms with Gasteiger partial charge in [0.2, 0.25) is 5.82 Å². The van der Waals surface area contributed by atoms with Crippen molar-refractivity contribution in [3.05, 3.63) is 12.2 Å². The number of nitrogens with one attached hydrogen (secondary N) is 1. The van der Waals surface area contributed by atoms with Crippen LogP contribution in [-0.2, 0) is 4.79 Å². The molecule has 1 aromatic rings. The Labute approximate surface area is 97.8 Å². The highest BCUT2D eigenvalue weighted by atomic mass is 16.4. The SMILES string of the molecule is O=C(O)CC1CCCN(C(=O)c2ncn[nH]2)C1. The number of piperidine rings is 1. The molecule has 1 saturated heterocycles. The van der Waals surface area contributed by atoms with Gasteiger partial charge in [0, 0.05) is 19.5 Å². The second-order valence-corrected chi connectivity index (χ2v) is 4.19. The van der Waals surface area contributed by atoms with E-state index in [4.69, 9.17) is 5.11 Å². The normalized spacial score (nSPS) is 20.2. The van der Waals surface area contributed by atoms with E-state index in [-0.39, 0.29) is 24.1 Å². The average Bonchev–Trinajstić information content (AvgIpc) is 2.81. The summed E-state index contributed by atoms with van der Waals surface area (Å²) in [4.78, 5) is 28.0. The first-order chi connectivity index (χ1) is 8.16. The second kappa shape index (κ2) is 4.94. The molecule has 1 unspecified atom stereocenters. The number of aromatic nitrogens is 3. The molecule has 1 fully saturated rings. The van der Waals surface area contributed by atoms with Crippen molar-refractivity contribution in [2.24, 2.45) is 5.92 Å². The third-order valence-electron chi connectivity index (χ3n) is 2.89. The number of amides is 1. The Kier molecular flexibility index (Phi) is 3.36. The van der Waals surface area contributed by atoms with Crippen molar-refractivity contribution in [1.82, 2.24) is 20.1 Å². The Morgan fingerprint density at radius 2 is 2.41 bits per heavy atom. The first-order valence-corrected chi connectivity index (χ1v) is 5.53. The van der Waals surface area contributed by atoms with Crippen molar-refractivity contribution in [3.8, 4) is 0 Å². The lowest BCUT2D eigenvalue weighted by atomic mass is 9.95. The van der Waals surface area contributed by atoms with E-state index in [9.17, 15) is 9.59 Å². The third-order valence-corrected chi connectivity index (χ3v) is 2.89. The fraction of sp³-hybridized carbons (Fsp3) is 0.600. The van der Waals surface area contributed by atoms with Gasteiger partial charge in [0.1, 0.15) is 6.33 Å². The average molecular weight is 238 g/mol. The molecule has 2 N–H and O–H groups in total. The van der Waals surface area contributed by atoms with E-state index in [1.54, 1.807) is 4.90 Å². The lowest BCUT2D eigenvalue weighted by Gasteiger charge is -2.31. The number of rotatable bonds is 3. The Hall–Kier alpha value is -1.92. The number of aromatic amines is 1. The van der Waals surface area contributed by atoms with Gasteiger partial charge in [0.05, 0.1) is 0 Å². The Balaban J connectivity index is 1.97. The first kappa shape index (κ1) is 11.6. The molecule has 7 nitrogen and oxygen atoms in total. The van der Waals surface area contributed by atoms with Crippen LogP contribution in [0, 0.1) is 5.92 Å². The van der Waals surface area contributed by atoms with Crippen molar-refractivity contribution in [2.45, 2.75) is 19.3 Å². The summed E-state index contributed by atoms with van der Waals surface area (Å²) in [5, 5.41) is 14.9. The molecule has 1 aromatic heterocycles. The summed E-state index contributed by atoms with van der Waals surface area (Å²) in [6.07, 6.45) is 3.08. The summed E-state index contributed by atoms with van der Waals surface area (Å²) in [5.41, 5.74) is 0. The Bertz CT molecular complexity index is 404. The number of carboxylic acid groups (broad SMARTS) is 1. The van der Waals surface area contributed by atoms with Gasteiger partial charge in [0.15, 0.2) is 0 Å². The molecule has 7 heteroatoms. The van der Waals surface area contributed by atoms with Gasteiger partial charge >= 0.3 is 5.97 Å². The van der Waals surface area contributed by atoms with Crippen LogP contribution in [0.2, 0.25) is 0 Å². The molecule has 2 rings (SSSR count). The van der Waals surface area contributed by atoms with E-state index in [1.165, 1.54) is 6.33 Å². The van der Waals surface area contributed by atoms with Gasteiger partial charge in [0.25, 0.3) is 5.91 Å². The van der Waals surface area contributed by atoms with Crippen LogP contribution in [-0.4, -0.2) is 50.2 Å². The lowest BCUT2D eigenvalue weighted by Crippen LogP contribution is -2.40. The molecular formula is C10H14N4O3. The van der Waals surface area contributed by atoms with Crippen LogP contribution >= 0.6 is 0 Å². The Morgan fingerprint density at radius 3 is 3.06 bits per heavy atom. The number of nitrogens with zero attached hydrogens (tertiary/aromatic N) is 3. The van der Waals surface area contributed by atoms with Crippen LogP contribution in [0.4, 0.5) is 0 Å². The van der Waals surface area contributed by atoms with Crippen LogP contribution in [0.5, 0.6) is 0 Å². The molecule has 92 valence electrons. The van der Waals surface area contributed by atoms with Crippen molar-refractivity contribution >= 4 is 11.9 Å². The van der Waals surface area contributed by atoms with E-state index in [0.29, 0.717) is 13.1 Å². The van der Waals surface area contributed by atoms with Gasteiger partial charge in [-0.25, -0.2) is 4.98 Å². The minimum Gasteiger partial charge on any atom is -0.481 e. The smallest absolute Gasteiger partial charge is 0.303 e. The second-order valence-electron chi connectivity index (χ2n) is 4.19. The quantitative estimate of drug-likeness (QED) is 0.779. The molecule has 17 heavy (non-hydrogen) atoms. The van der Waals surface area contributed by atoms with E-state index >= 15 is 0 Å². The lowest BCUT2D eigenvalue weighted by molar-refractivity contribution is -0.138. The third kappa shape index (κ3) is 2.80. The molecular weight excluding hydrogens is 224 g/mol. The zero-order chi connectivity index (χ0) is 12.3. The minimum absolute atomic E-state index is 0.0353. The molecule has 0 bridgehead atoms. The molecule has 2 heterocycles. The maximum atomic E-state index is 11.9. The predicted molar refractivity (Wildman–Crippen MR) is 57.3 cm³/mol. The molecule has 0 aliphatic carbocycles. The number of hydrogen-bond acceptors (Lipinski definition) is 4. The number of carbonyl (C=O) groups is 2. The maximum absolute atomic E-state index is 11.9. The summed E-state index contributed by atoms with van der Waals surface area (Å²) in [6.45, 7) is 1.13. The largest absolute Gasteiger partial charge is 0.481 e. The van der Waals surface area contributed by atoms with E-state index in [1.807, 2.05) is 0 Å². The van der Waals surface area contributed by atoms with Gasteiger partial charge in [-0.05, 0) is 18.8 Å². The van der Waals surface area contributed by atoms with Gasteiger partial charge in [-0.1, -0.05) is 0 Å². The van der Waals surface area contributed by atoms with Crippen LogP contribution in [0.25, 0.3) is 0 Å². The van der Waals surface area contributed by atoms with Crippen LogP contribution < -0.4 is 0 Å². The monoisotopic (exact) mass is 238 g/mol. The van der Waals surface area contributed by atoms with Crippen LogP contribution in [0.3, 0.4) is 0 Å². The van der Waals surface area contributed by atoms with Gasteiger partial charge in [-0.3, -0.25) is 14.7 Å². The van der Waals surface area contributed by atoms with Crippen molar-refractivity contribution < 1.29 is 14.7 Å². The topological polar surface area (TPSA) is 99.2 Å². The van der Waals surface area contributed by atoms with E-state index in [0.717, 1.165) is 12.8 Å². The molecule has 1 aliphatic rings. The first-order valence-electron chi connectivity index (χ1n) is 5.53. The minimum atomic E-state index is -0.816. The summed E-state index contributed by atoms with van der Waals surface area (Å²) in [6, 6.07) is 0. The van der Waals surface area contributed by atoms with Crippen molar-refractivity contribution in [3.63, 3.8) is 0 Å². The molecule has 0 saturated carbocycles. The molecule has 1 atom stereocenters. The van der Waals surface area contributed by atoms with Gasteiger partial charge in [-0.2, -0.15) is 5.10 Å². The summed E-state index contributed by atoms with van der Waals surface area (Å²) in [7, 11) is 0. The number of carboxylic acids is 1. The highest BCUT2D eigenvalue weighted by Crippen LogP contribution is 2.20. The molecule has 0 aromatic carbocycles. The zero-order valence-corrected chi connectivity index (χ0v) is 9.30. The van der Waals surface area contributed by atoms with E-state index < -0.39 is 5.97 Å². The molecule has 1 aliphatic heterocycles. The van der Waals surface area contributed by atoms with E-state index in [2.05, 4.69) is 15.2 Å². The maximum Gasteiger partial charge on any atom is 0.303 e. The molecule has 0 radical (unpaired) electrons. The summed E-state index contributed by atoms with van der Waals surface area (Å²) >= 11 is 0. The highest BCUT2D eigenvalue weighted by Gasteiger charge is 2.26. The van der Waals surface area contributed by atoms with Gasteiger partial charge < -0.3 is 10.0 Å². The number of aliphatic carboxylic acids is 1. The van der Waals surface area contributed by atoms with Crippen LogP contribution in [0.1, 0.15) is 29.9 Å². The standard InChI is InChI=1S/C10H14N4O3/c15-8(16)4-7-2-1-3-14(5-7)10(17)9-11-6-12-13-9/h6-7H,1-5H2,(H,15,16)(H,11,12,13). The Morgan fingerprint density at radius 1 is 1.59 bits per heavy atom. The fourth-order valence-electron chi connectivity index (χ4n) is 2.12. The van der Waals surface area contributed by atoms with Crippen molar-refractivity contribution in [2.75, 3.05) is 13.1 Å². The predicted octanol–water partition coefficient (Wildman–Crippen LogP) is 0.132. The number of hydrogen-bond donors (Lipinski definition) is 2. The molecule has 0 spiro atoms. The van der Waals surface area contributed by atoms with Crippen LogP contribution in [0.15, 0.2) is 6.33 Å². The summed E-state index contributed by atoms with van der Waals surface area (Å²) in [5.74, 6) is -0.782. The zero-order valence-electron chi connectivity index (χ0n) is 9.30. The van der Waals surface area contributed by atoms with Crippen molar-refractivity contribution in [1.29, 1.82) is 0 Å². The number of likely N-dealkylation sites (tertiary alicyclic amines) is 1.